The molecule has 0 aromatic heterocycles. The van der Waals surface area contributed by atoms with E-state index < -0.39 is 127 Å². The van der Waals surface area contributed by atoms with E-state index in [2.05, 4.69) is 103 Å². The van der Waals surface area contributed by atoms with Crippen LogP contribution in [0.4, 0.5) is 0 Å². The maximum atomic E-state index is 11.0. The maximum absolute atomic E-state index is 11.0. The standard InChI is InChI=1S/C27H44O15.C17H24O9.C15H24O9.C14H22O8.2C2H4O.2CH4.H2O/c1-4-25(31)40-16-21(28)13-34-7-9-37-19-24(39-12-11-36-15-23(30)18-42-27(33)6-3)20-38-10-8-35-14-22(29)17-41-26(32)5-2;1-4-15(19)23-9-13(18)7-8-14(24-12-26-17(21)6-3)10-22-11-25-16(20)5-2;1-3-14(19)23-9-12(17)7-21-5-11(16)6-22-8-13(18)10-24-15(20)4-2;1-3-13(17)22-10-12(16)9-20-6-5-19-8-11(15)7-14(18)21-4-2;2*1-2-3;;;/h4-6,21-24,28-30H,1-3,7-20H2;4-6,13-14,18H,1-3,7-12H2;3-4,11-13,16-18H,1-2,5-10H2;3-4,11-12,15-16H,1-2,5-10H2;2*2-3H,1H2;2*1H4;1H2. The van der Waals surface area contributed by atoms with E-state index in [0.717, 1.165) is 73.5 Å². The van der Waals surface area contributed by atoms with Crippen LogP contribution < -0.4 is 0 Å². The highest BCUT2D eigenvalue weighted by atomic mass is 16.7. The van der Waals surface area contributed by atoms with Gasteiger partial charge in [-0.15, -0.1) is 0 Å². The van der Waals surface area contributed by atoms with E-state index >= 15 is 0 Å². The molecule has 0 rings (SSSR count). The van der Waals surface area contributed by atoms with E-state index in [9.17, 15) is 93.9 Å². The van der Waals surface area contributed by atoms with E-state index in [1.807, 2.05) is 0 Å². The average Bonchev–Trinajstić information content (AvgIpc) is 1.01. The minimum absolute atomic E-state index is 0. The largest absolute Gasteiger partial charge is 0.516 e. The number of aliphatic hydroxyl groups is 11. The first-order chi connectivity index (χ1) is 57.3. The second kappa shape index (κ2) is 97.7. The zero-order valence-corrected chi connectivity index (χ0v) is 67.9. The van der Waals surface area contributed by atoms with Crippen LogP contribution in [0.1, 0.15) is 34.1 Å². The summed E-state index contributed by atoms with van der Waals surface area (Å²) in [6.45, 7) is 36.9. The molecule has 13 N–H and O–H groups in total. The van der Waals surface area contributed by atoms with Crippen LogP contribution in [0.3, 0.4) is 0 Å². The van der Waals surface area contributed by atoms with Crippen molar-refractivity contribution in [3.05, 3.63) is 152 Å². The summed E-state index contributed by atoms with van der Waals surface area (Å²) in [5.41, 5.74) is 0. The van der Waals surface area contributed by atoms with Crippen LogP contribution in [-0.2, 0) is 152 Å². The molecule has 0 spiro atoms. The number of esters is 10. The molecular weight excluding hydrogens is 1650 g/mol. The van der Waals surface area contributed by atoms with E-state index in [1.165, 1.54) is 0 Å². The van der Waals surface area contributed by atoms with Gasteiger partial charge in [-0.3, -0.25) is 4.79 Å². The minimum Gasteiger partial charge on any atom is -0.516 e. The fraction of sp³-hybridized carbons (Fsp3) is 0.570. The zero-order valence-electron chi connectivity index (χ0n) is 67.9. The van der Waals surface area contributed by atoms with Gasteiger partial charge >= 0.3 is 59.7 Å². The molecule has 0 bridgehead atoms. The van der Waals surface area contributed by atoms with Gasteiger partial charge in [-0.25, -0.2) is 43.2 Å². The lowest BCUT2D eigenvalue weighted by Gasteiger charge is -2.19. The molecule has 44 nitrogen and oxygen atoms in total. The summed E-state index contributed by atoms with van der Waals surface area (Å²) in [7, 11) is 0. The SMILES string of the molecule is C.C.C=CC(=O)OCC(O)COCC(O)COCC(O)COC(=O)C=C.C=CC(=O)OCC(O)COCCOCC(COCCOCC(O)COC(=O)C=C)OCCOCC(O)COC(=O)C=C.C=CC(=O)OCOCC(CCC(O)COC(=O)C=C)OCOC(=O)C=C.C=CO.C=CO.C=COC(=O)CC(O)COCCOCC(O)COC(=O)C=C.O. The van der Waals surface area contributed by atoms with Crippen LogP contribution in [-0.4, -0.2) is 380 Å². The first-order valence-corrected chi connectivity index (χ1v) is 35.9. The molecular formula is C79H132O44. The maximum Gasteiger partial charge on any atom is 0.332 e. The van der Waals surface area contributed by atoms with Crippen molar-refractivity contribution in [1.82, 2.24) is 0 Å². The number of carbonyl (C=O) groups is 10. The Labute approximate surface area is 716 Å². The molecule has 0 aromatic rings. The Kier molecular flexibility index (Phi) is 104. The normalized spacial score (nSPS) is 12.6. The summed E-state index contributed by atoms with van der Waals surface area (Å²) in [4.78, 5) is 109. The van der Waals surface area contributed by atoms with E-state index in [1.54, 1.807) is 0 Å². The molecule has 0 aliphatic carbocycles. The smallest absolute Gasteiger partial charge is 0.332 e. The fourth-order valence-electron chi connectivity index (χ4n) is 6.63. The van der Waals surface area contributed by atoms with Gasteiger partial charge in [0, 0.05) is 54.7 Å². The number of aliphatic hydroxyl groups excluding tert-OH is 11. The Bertz CT molecular complexity index is 2720. The summed E-state index contributed by atoms with van der Waals surface area (Å²) in [6, 6.07) is 0. The van der Waals surface area contributed by atoms with Crippen LogP contribution in [0.25, 0.3) is 0 Å². The second-order valence-electron chi connectivity index (χ2n) is 22.3. The van der Waals surface area contributed by atoms with Gasteiger partial charge in [-0.1, -0.05) is 93.8 Å². The molecule has 0 amide bonds. The molecule has 9 unspecified atom stereocenters. The predicted molar refractivity (Wildman–Crippen MR) is 435 cm³/mol. The highest BCUT2D eigenvalue weighted by Crippen LogP contribution is 2.09. The van der Waals surface area contributed by atoms with Gasteiger partial charge < -0.3 is 166 Å². The van der Waals surface area contributed by atoms with Gasteiger partial charge in [0.25, 0.3) is 0 Å². The van der Waals surface area contributed by atoms with Gasteiger partial charge in [0.1, 0.15) is 95.1 Å². The number of ether oxygens (including phenoxy) is 22. The Morgan fingerprint density at radius 3 is 0.740 bits per heavy atom. The van der Waals surface area contributed by atoms with Crippen molar-refractivity contribution in [1.29, 1.82) is 0 Å². The van der Waals surface area contributed by atoms with Crippen molar-refractivity contribution in [2.45, 2.75) is 101 Å². The molecule has 0 saturated carbocycles. The first-order valence-electron chi connectivity index (χ1n) is 35.9. The Hall–Kier alpha value is -9.70. The number of carbonyl (C=O) groups excluding carboxylic acids is 10. The summed E-state index contributed by atoms with van der Waals surface area (Å²) >= 11 is 0. The average molecular weight is 1790 g/mol. The molecule has 0 fully saturated rings. The third-order valence-corrected chi connectivity index (χ3v) is 12.1. The van der Waals surface area contributed by atoms with Crippen molar-refractivity contribution < 1.29 is 214 Å². The van der Waals surface area contributed by atoms with E-state index in [-0.39, 0.29) is 225 Å². The summed E-state index contributed by atoms with van der Waals surface area (Å²) < 4.78 is 110. The zero-order chi connectivity index (χ0) is 91.8. The molecule has 0 saturated heterocycles. The monoisotopic (exact) mass is 1780 g/mol. The fourth-order valence-corrected chi connectivity index (χ4v) is 6.63. The minimum atomic E-state index is -1.02. The summed E-state index contributed by atoms with van der Waals surface area (Å²) in [5, 5.41) is 101. The molecule has 0 radical (unpaired) electrons. The molecule has 44 heteroatoms. The highest BCUT2D eigenvalue weighted by Gasteiger charge is 2.19. The molecule has 0 aliphatic heterocycles. The molecule has 0 aromatic carbocycles. The van der Waals surface area contributed by atoms with Gasteiger partial charge in [0.15, 0.2) is 13.6 Å². The molecule has 0 aliphatic rings. The van der Waals surface area contributed by atoms with Crippen LogP contribution in [0.15, 0.2) is 152 Å². The molecule has 0 heterocycles. The lowest BCUT2D eigenvalue weighted by Crippen LogP contribution is -2.30. The van der Waals surface area contributed by atoms with E-state index in [0.29, 0.717) is 6.42 Å². The second-order valence-corrected chi connectivity index (χ2v) is 22.3. The van der Waals surface area contributed by atoms with Gasteiger partial charge in [-0.05, 0) is 12.8 Å². The van der Waals surface area contributed by atoms with Crippen LogP contribution in [0.2, 0.25) is 0 Å². The summed E-state index contributed by atoms with van der Waals surface area (Å²) in [5.74, 6) is -6.38. The van der Waals surface area contributed by atoms with Crippen LogP contribution in [0.5, 0.6) is 0 Å². The number of hydrogen-bond donors (Lipinski definition) is 11. The Balaban J connectivity index is -0.000000202. The topological polar surface area (TPSA) is 628 Å². The van der Waals surface area contributed by atoms with Crippen LogP contribution in [0, 0.1) is 0 Å². The summed E-state index contributed by atoms with van der Waals surface area (Å²) in [6.07, 6.45) is 1.80. The van der Waals surface area contributed by atoms with Gasteiger partial charge in [-0.2, -0.15) is 0 Å². The third kappa shape index (κ3) is 103. The third-order valence-electron chi connectivity index (χ3n) is 12.1. The highest BCUT2D eigenvalue weighted by molar-refractivity contribution is 5.84. The lowest BCUT2D eigenvalue weighted by atomic mass is 10.1. The van der Waals surface area contributed by atoms with Crippen molar-refractivity contribution >= 4 is 59.7 Å². The Morgan fingerprint density at radius 1 is 0.244 bits per heavy atom. The molecule has 712 valence electrons. The van der Waals surface area contributed by atoms with Crippen molar-refractivity contribution in [3.63, 3.8) is 0 Å². The first kappa shape index (κ1) is 131. The van der Waals surface area contributed by atoms with Crippen molar-refractivity contribution in [2.24, 2.45) is 0 Å². The van der Waals surface area contributed by atoms with Crippen molar-refractivity contribution in [3.8, 4) is 0 Å². The van der Waals surface area contributed by atoms with E-state index in [4.69, 9.17) is 90.7 Å². The predicted octanol–water partition coefficient (Wildman–Crippen LogP) is -0.712. The van der Waals surface area contributed by atoms with Crippen LogP contribution >= 0.6 is 0 Å². The molecule has 123 heavy (non-hydrogen) atoms. The quantitative estimate of drug-likeness (QED) is 0.00894. The Morgan fingerprint density at radius 2 is 0.463 bits per heavy atom. The van der Waals surface area contributed by atoms with Gasteiger partial charge in [0.05, 0.1) is 176 Å². The van der Waals surface area contributed by atoms with Crippen molar-refractivity contribution in [2.75, 3.05) is 192 Å². The number of hydrogen-bond acceptors (Lipinski definition) is 43. The molecule has 9 atom stereocenters. The number of rotatable bonds is 71. The lowest BCUT2D eigenvalue weighted by molar-refractivity contribution is -0.168. The van der Waals surface area contributed by atoms with Gasteiger partial charge in [0.2, 0.25) is 0 Å².